The number of nitrogens with zero attached hydrogens (tertiary/aromatic N) is 3. The monoisotopic (exact) mass is 194 g/mol. The van der Waals surface area contributed by atoms with Crippen molar-refractivity contribution in [1.29, 1.82) is 0 Å². The minimum atomic E-state index is 1.00. The molecular weight excluding hydrogens is 176 g/mol. The lowest BCUT2D eigenvalue weighted by Gasteiger charge is -2.28. The minimum Gasteiger partial charge on any atom is -0.340 e. The Labute approximate surface area is 84.9 Å². The molecule has 0 radical (unpaired) electrons. The number of rotatable bonds is 2. The van der Waals surface area contributed by atoms with Crippen LogP contribution < -0.4 is 10.2 Å². The van der Waals surface area contributed by atoms with E-state index >= 15 is 0 Å². The highest BCUT2D eigenvalue weighted by molar-refractivity contribution is 5.34. The summed E-state index contributed by atoms with van der Waals surface area (Å²) >= 11 is 0. The molecule has 0 bridgehead atoms. The van der Waals surface area contributed by atoms with E-state index in [1.807, 2.05) is 0 Å². The van der Waals surface area contributed by atoms with Crippen LogP contribution in [-0.4, -0.2) is 35.7 Å². The molecule has 0 unspecified atom stereocenters. The number of piperazine rings is 1. The van der Waals surface area contributed by atoms with Gasteiger partial charge in [-0.1, -0.05) is 0 Å². The molecule has 78 valence electrons. The van der Waals surface area contributed by atoms with E-state index in [4.69, 9.17) is 0 Å². The van der Waals surface area contributed by atoms with Gasteiger partial charge in [-0.3, -0.25) is 0 Å². The lowest BCUT2D eigenvalue weighted by Crippen LogP contribution is -2.44. The van der Waals surface area contributed by atoms with Crippen molar-refractivity contribution in [2.75, 3.05) is 31.1 Å². The molecule has 2 heterocycles. The maximum absolute atomic E-state index is 4.57. The van der Waals surface area contributed by atoms with Crippen molar-refractivity contribution in [3.05, 3.63) is 11.9 Å². The smallest absolute Gasteiger partial charge is 0.205 e. The van der Waals surface area contributed by atoms with Gasteiger partial charge < -0.3 is 14.8 Å². The van der Waals surface area contributed by atoms with Gasteiger partial charge in [-0.25, -0.2) is 4.98 Å². The second-order valence-electron chi connectivity index (χ2n) is 3.71. The Morgan fingerprint density at radius 2 is 2.14 bits per heavy atom. The largest absolute Gasteiger partial charge is 0.340 e. The van der Waals surface area contributed by atoms with Gasteiger partial charge in [0.05, 0.1) is 5.69 Å². The molecule has 0 saturated carbocycles. The molecular formula is C10H18N4. The van der Waals surface area contributed by atoms with Gasteiger partial charge in [0.1, 0.15) is 0 Å². The number of nitrogens with one attached hydrogen (secondary N) is 1. The molecule has 0 amide bonds. The molecule has 1 aromatic heterocycles. The fraction of sp³-hybridized carbons (Fsp3) is 0.700. The van der Waals surface area contributed by atoms with Crippen LogP contribution in [0.5, 0.6) is 0 Å². The highest BCUT2D eigenvalue weighted by Gasteiger charge is 2.15. The zero-order valence-corrected chi connectivity index (χ0v) is 8.95. The van der Waals surface area contributed by atoms with E-state index < -0.39 is 0 Å². The molecule has 1 aliphatic heterocycles. The van der Waals surface area contributed by atoms with E-state index in [1.165, 1.54) is 0 Å². The highest BCUT2D eigenvalue weighted by atomic mass is 15.3. The molecule has 1 N–H and O–H groups in total. The molecule has 0 atom stereocenters. The zero-order chi connectivity index (χ0) is 9.97. The van der Waals surface area contributed by atoms with E-state index in [2.05, 4.69) is 39.8 Å². The summed E-state index contributed by atoms with van der Waals surface area (Å²) in [5, 5.41) is 3.35. The van der Waals surface area contributed by atoms with Gasteiger partial charge in [0.15, 0.2) is 0 Å². The maximum atomic E-state index is 4.57. The Bertz CT molecular complexity index is 299. The molecule has 1 aliphatic rings. The molecule has 1 aromatic rings. The summed E-state index contributed by atoms with van der Waals surface area (Å²) < 4.78 is 2.22. The average molecular weight is 194 g/mol. The molecule has 1 fully saturated rings. The van der Waals surface area contributed by atoms with Gasteiger partial charge in [0, 0.05) is 38.9 Å². The number of imidazole rings is 1. The van der Waals surface area contributed by atoms with Crippen molar-refractivity contribution in [2.45, 2.75) is 20.4 Å². The topological polar surface area (TPSA) is 33.1 Å². The van der Waals surface area contributed by atoms with Gasteiger partial charge in [0.25, 0.3) is 0 Å². The normalized spacial score (nSPS) is 17.4. The van der Waals surface area contributed by atoms with E-state index in [0.717, 1.165) is 44.4 Å². The molecule has 0 aromatic carbocycles. The summed E-state index contributed by atoms with van der Waals surface area (Å²) in [5.41, 5.74) is 1.11. The maximum Gasteiger partial charge on any atom is 0.205 e. The lowest BCUT2D eigenvalue weighted by molar-refractivity contribution is 0.568. The summed E-state index contributed by atoms with van der Waals surface area (Å²) in [4.78, 5) is 6.92. The van der Waals surface area contributed by atoms with Crippen molar-refractivity contribution in [1.82, 2.24) is 14.9 Å². The van der Waals surface area contributed by atoms with Crippen LogP contribution in [0.3, 0.4) is 0 Å². The van der Waals surface area contributed by atoms with Crippen LogP contribution in [0.4, 0.5) is 5.95 Å². The van der Waals surface area contributed by atoms with Crippen molar-refractivity contribution in [2.24, 2.45) is 0 Å². The van der Waals surface area contributed by atoms with Gasteiger partial charge in [-0.05, 0) is 13.8 Å². The number of hydrogen-bond donors (Lipinski definition) is 1. The van der Waals surface area contributed by atoms with Gasteiger partial charge in [0.2, 0.25) is 5.95 Å². The summed E-state index contributed by atoms with van der Waals surface area (Å²) in [6.07, 6.45) is 2.12. The highest BCUT2D eigenvalue weighted by Crippen LogP contribution is 2.14. The summed E-state index contributed by atoms with van der Waals surface area (Å²) in [6.45, 7) is 9.48. The lowest BCUT2D eigenvalue weighted by atomic mass is 10.4. The third kappa shape index (κ3) is 1.75. The number of hydrogen-bond acceptors (Lipinski definition) is 3. The molecule has 0 spiro atoms. The van der Waals surface area contributed by atoms with Crippen LogP contribution in [0, 0.1) is 6.92 Å². The second kappa shape index (κ2) is 4.00. The Morgan fingerprint density at radius 3 is 2.79 bits per heavy atom. The van der Waals surface area contributed by atoms with Crippen LogP contribution in [0.25, 0.3) is 0 Å². The number of aryl methyl sites for hydroxylation is 2. The molecule has 2 rings (SSSR count). The van der Waals surface area contributed by atoms with Crippen LogP contribution in [0.15, 0.2) is 6.20 Å². The van der Waals surface area contributed by atoms with Crippen LogP contribution >= 0.6 is 0 Å². The van der Waals surface area contributed by atoms with Crippen LogP contribution in [0.2, 0.25) is 0 Å². The fourth-order valence-electron chi connectivity index (χ4n) is 1.88. The Balaban J connectivity index is 2.20. The number of anilines is 1. The van der Waals surface area contributed by atoms with Gasteiger partial charge >= 0.3 is 0 Å². The van der Waals surface area contributed by atoms with E-state index in [0.29, 0.717) is 0 Å². The molecule has 4 nitrogen and oxygen atoms in total. The first-order chi connectivity index (χ1) is 6.81. The first kappa shape index (κ1) is 9.52. The Hall–Kier alpha value is -1.03. The van der Waals surface area contributed by atoms with E-state index in [-0.39, 0.29) is 0 Å². The first-order valence-electron chi connectivity index (χ1n) is 5.30. The predicted octanol–water partition coefficient (Wildman–Crippen LogP) is 0.621. The van der Waals surface area contributed by atoms with Crippen molar-refractivity contribution >= 4 is 5.95 Å². The number of aromatic nitrogens is 2. The van der Waals surface area contributed by atoms with Gasteiger partial charge in [-0.15, -0.1) is 0 Å². The third-order valence-electron chi connectivity index (χ3n) is 2.62. The zero-order valence-electron chi connectivity index (χ0n) is 8.95. The predicted molar refractivity (Wildman–Crippen MR) is 57.7 cm³/mol. The molecule has 1 saturated heterocycles. The Morgan fingerprint density at radius 1 is 1.43 bits per heavy atom. The van der Waals surface area contributed by atoms with Crippen molar-refractivity contribution in [3.63, 3.8) is 0 Å². The molecule has 4 heteroatoms. The van der Waals surface area contributed by atoms with Crippen LogP contribution in [-0.2, 0) is 6.54 Å². The SMILES string of the molecule is CCn1cc(C)nc1N1CCNCC1. The van der Waals surface area contributed by atoms with E-state index in [9.17, 15) is 0 Å². The summed E-state index contributed by atoms with van der Waals surface area (Å²) in [7, 11) is 0. The first-order valence-corrected chi connectivity index (χ1v) is 5.30. The summed E-state index contributed by atoms with van der Waals surface area (Å²) in [6, 6.07) is 0. The average Bonchev–Trinajstić information content (AvgIpc) is 2.61. The minimum absolute atomic E-state index is 1.00. The van der Waals surface area contributed by atoms with Gasteiger partial charge in [-0.2, -0.15) is 0 Å². The van der Waals surface area contributed by atoms with E-state index in [1.54, 1.807) is 0 Å². The summed E-state index contributed by atoms with van der Waals surface area (Å²) in [5.74, 6) is 1.13. The standard InChI is InChI=1S/C10H18N4/c1-3-13-8-9(2)12-10(13)14-6-4-11-5-7-14/h8,11H,3-7H2,1-2H3. The molecule has 14 heavy (non-hydrogen) atoms. The van der Waals surface area contributed by atoms with Crippen molar-refractivity contribution < 1.29 is 0 Å². The molecule has 0 aliphatic carbocycles. The second-order valence-corrected chi connectivity index (χ2v) is 3.71. The Kier molecular flexibility index (Phi) is 2.72. The third-order valence-corrected chi connectivity index (χ3v) is 2.62. The fourth-order valence-corrected chi connectivity index (χ4v) is 1.88. The quantitative estimate of drug-likeness (QED) is 0.749. The van der Waals surface area contributed by atoms with Crippen LogP contribution in [0.1, 0.15) is 12.6 Å². The van der Waals surface area contributed by atoms with Crippen molar-refractivity contribution in [3.8, 4) is 0 Å².